The summed E-state index contributed by atoms with van der Waals surface area (Å²) in [4.78, 5) is 0. The highest BCUT2D eigenvalue weighted by Gasteiger charge is 2.20. The number of nitrogens with two attached hydrogens (primary N) is 1. The van der Waals surface area contributed by atoms with Gasteiger partial charge in [-0.1, -0.05) is 12.1 Å². The van der Waals surface area contributed by atoms with Gasteiger partial charge in [0.25, 0.3) is 0 Å². The zero-order chi connectivity index (χ0) is 9.26. The third-order valence-corrected chi connectivity index (χ3v) is 2.30. The van der Waals surface area contributed by atoms with Crippen molar-refractivity contribution in [3.8, 4) is 11.5 Å². The molecule has 0 bridgehead atoms. The van der Waals surface area contributed by atoms with E-state index in [4.69, 9.17) is 15.2 Å². The largest absolute Gasteiger partial charge is 0.493 e. The molecule has 1 aromatic rings. The molecule has 0 spiro atoms. The monoisotopic (exact) mass is 215 g/mol. The van der Waals surface area contributed by atoms with Crippen molar-refractivity contribution in [2.45, 2.75) is 12.5 Å². The van der Waals surface area contributed by atoms with Crippen molar-refractivity contribution in [2.75, 3.05) is 13.7 Å². The number of para-hydroxylation sites is 1. The molecule has 0 fully saturated rings. The molecule has 1 aliphatic heterocycles. The molecule has 0 amide bonds. The maximum atomic E-state index is 5.93. The van der Waals surface area contributed by atoms with Crippen molar-refractivity contribution in [1.82, 2.24) is 0 Å². The third kappa shape index (κ3) is 1.79. The van der Waals surface area contributed by atoms with Crippen LogP contribution in [0.15, 0.2) is 18.2 Å². The summed E-state index contributed by atoms with van der Waals surface area (Å²) in [6.45, 7) is 0.675. The Kier molecular flexibility index (Phi) is 3.61. The van der Waals surface area contributed by atoms with E-state index >= 15 is 0 Å². The van der Waals surface area contributed by atoms with E-state index in [-0.39, 0.29) is 18.4 Å². The second-order valence-corrected chi connectivity index (χ2v) is 3.12. The van der Waals surface area contributed by atoms with Crippen LogP contribution in [0.2, 0.25) is 0 Å². The fraction of sp³-hybridized carbons (Fsp3) is 0.400. The Morgan fingerprint density at radius 3 is 3.00 bits per heavy atom. The van der Waals surface area contributed by atoms with E-state index in [0.717, 1.165) is 23.5 Å². The number of halogens is 1. The van der Waals surface area contributed by atoms with E-state index in [1.807, 2.05) is 18.2 Å². The zero-order valence-electron chi connectivity index (χ0n) is 8.03. The van der Waals surface area contributed by atoms with Crippen molar-refractivity contribution < 1.29 is 9.47 Å². The van der Waals surface area contributed by atoms with Crippen LogP contribution in [0.1, 0.15) is 18.0 Å². The van der Waals surface area contributed by atoms with Crippen molar-refractivity contribution in [3.05, 3.63) is 23.8 Å². The number of hydrogen-bond acceptors (Lipinski definition) is 3. The van der Waals surface area contributed by atoms with E-state index in [2.05, 4.69) is 0 Å². The van der Waals surface area contributed by atoms with Crippen LogP contribution in [-0.2, 0) is 0 Å². The minimum Gasteiger partial charge on any atom is -0.493 e. The molecular formula is C10H14ClNO2. The fourth-order valence-corrected chi connectivity index (χ4v) is 1.58. The molecule has 14 heavy (non-hydrogen) atoms. The highest BCUT2D eigenvalue weighted by atomic mass is 35.5. The number of rotatable bonds is 1. The van der Waals surface area contributed by atoms with Gasteiger partial charge >= 0.3 is 0 Å². The lowest BCUT2D eigenvalue weighted by Crippen LogP contribution is -2.20. The van der Waals surface area contributed by atoms with Crippen LogP contribution in [-0.4, -0.2) is 13.7 Å². The van der Waals surface area contributed by atoms with Crippen LogP contribution < -0.4 is 15.2 Å². The molecule has 1 aliphatic rings. The van der Waals surface area contributed by atoms with Gasteiger partial charge in [0.2, 0.25) is 0 Å². The van der Waals surface area contributed by atoms with E-state index in [9.17, 15) is 0 Å². The quantitative estimate of drug-likeness (QED) is 0.778. The van der Waals surface area contributed by atoms with E-state index in [0.29, 0.717) is 6.61 Å². The van der Waals surface area contributed by atoms with Gasteiger partial charge in [-0.2, -0.15) is 0 Å². The second-order valence-electron chi connectivity index (χ2n) is 3.12. The fourth-order valence-electron chi connectivity index (χ4n) is 1.58. The summed E-state index contributed by atoms with van der Waals surface area (Å²) in [6, 6.07) is 5.89. The van der Waals surface area contributed by atoms with Gasteiger partial charge in [-0.05, 0) is 6.07 Å². The Morgan fingerprint density at radius 1 is 1.50 bits per heavy atom. The number of fused-ring (bicyclic) bond motifs is 1. The minimum absolute atomic E-state index is 0. The predicted molar refractivity (Wildman–Crippen MR) is 57.3 cm³/mol. The van der Waals surface area contributed by atoms with Gasteiger partial charge in [-0.3, -0.25) is 0 Å². The lowest BCUT2D eigenvalue weighted by Gasteiger charge is -2.24. The number of ether oxygens (including phenoxy) is 2. The Bertz CT molecular complexity index is 317. The van der Waals surface area contributed by atoms with Crippen LogP contribution in [0.5, 0.6) is 11.5 Å². The van der Waals surface area contributed by atoms with Gasteiger partial charge in [0.15, 0.2) is 11.5 Å². The van der Waals surface area contributed by atoms with Gasteiger partial charge < -0.3 is 15.2 Å². The van der Waals surface area contributed by atoms with Crippen LogP contribution in [0, 0.1) is 0 Å². The third-order valence-electron chi connectivity index (χ3n) is 2.30. The molecule has 0 aromatic heterocycles. The molecule has 78 valence electrons. The van der Waals surface area contributed by atoms with Gasteiger partial charge in [-0.25, -0.2) is 0 Å². The first kappa shape index (κ1) is 11.1. The molecule has 1 atom stereocenters. The Hall–Kier alpha value is -0.930. The summed E-state index contributed by atoms with van der Waals surface area (Å²) in [6.07, 6.45) is 0.875. The van der Waals surface area contributed by atoms with E-state index in [1.165, 1.54) is 0 Å². The Labute approximate surface area is 89.6 Å². The molecule has 0 unspecified atom stereocenters. The van der Waals surface area contributed by atoms with Crippen molar-refractivity contribution in [3.63, 3.8) is 0 Å². The molecule has 0 aliphatic carbocycles. The van der Waals surface area contributed by atoms with Crippen LogP contribution in [0.25, 0.3) is 0 Å². The number of benzene rings is 1. The zero-order valence-corrected chi connectivity index (χ0v) is 8.84. The highest BCUT2D eigenvalue weighted by molar-refractivity contribution is 5.85. The van der Waals surface area contributed by atoms with Crippen molar-refractivity contribution in [1.29, 1.82) is 0 Å². The summed E-state index contributed by atoms with van der Waals surface area (Å²) in [5.41, 5.74) is 6.98. The normalized spacial score (nSPS) is 18.9. The van der Waals surface area contributed by atoms with Gasteiger partial charge in [-0.15, -0.1) is 12.4 Å². The predicted octanol–water partition coefficient (Wildman–Crippen LogP) is 1.90. The first-order valence-electron chi connectivity index (χ1n) is 4.38. The molecule has 0 saturated heterocycles. The smallest absolute Gasteiger partial charge is 0.165 e. The minimum atomic E-state index is 0. The van der Waals surface area contributed by atoms with Crippen molar-refractivity contribution in [2.24, 2.45) is 5.73 Å². The first-order chi connectivity index (χ1) is 6.33. The van der Waals surface area contributed by atoms with Crippen LogP contribution >= 0.6 is 12.4 Å². The molecule has 1 aromatic carbocycles. The SMILES string of the molecule is COc1cccc2c1OCC[C@H]2N.Cl. The summed E-state index contributed by atoms with van der Waals surface area (Å²) in [7, 11) is 1.64. The summed E-state index contributed by atoms with van der Waals surface area (Å²) in [5, 5.41) is 0. The highest BCUT2D eigenvalue weighted by Crippen LogP contribution is 2.37. The number of methoxy groups -OCH3 is 1. The second kappa shape index (κ2) is 4.53. The summed E-state index contributed by atoms with van der Waals surface area (Å²) < 4.78 is 10.7. The molecule has 2 N–H and O–H groups in total. The molecule has 3 nitrogen and oxygen atoms in total. The molecule has 2 rings (SSSR count). The van der Waals surface area contributed by atoms with Gasteiger partial charge in [0, 0.05) is 18.0 Å². The van der Waals surface area contributed by atoms with E-state index in [1.54, 1.807) is 7.11 Å². The molecular weight excluding hydrogens is 202 g/mol. The molecule has 0 radical (unpaired) electrons. The summed E-state index contributed by atoms with van der Waals surface area (Å²) >= 11 is 0. The Balaban J connectivity index is 0.000000980. The maximum Gasteiger partial charge on any atom is 0.165 e. The lowest BCUT2D eigenvalue weighted by molar-refractivity contribution is 0.253. The number of hydrogen-bond donors (Lipinski definition) is 1. The Morgan fingerprint density at radius 2 is 2.29 bits per heavy atom. The van der Waals surface area contributed by atoms with Crippen LogP contribution in [0.3, 0.4) is 0 Å². The average molecular weight is 216 g/mol. The van der Waals surface area contributed by atoms with Crippen molar-refractivity contribution >= 4 is 12.4 Å². The van der Waals surface area contributed by atoms with Gasteiger partial charge in [0.1, 0.15) is 0 Å². The molecule has 4 heteroatoms. The summed E-state index contributed by atoms with van der Waals surface area (Å²) in [5.74, 6) is 1.58. The average Bonchev–Trinajstić information content (AvgIpc) is 2.18. The topological polar surface area (TPSA) is 44.5 Å². The standard InChI is InChI=1S/C10H13NO2.ClH/c1-12-9-4-2-3-7-8(11)5-6-13-10(7)9;/h2-4,8H,5-6,11H2,1H3;1H/t8-;/m1./s1. The molecule has 1 heterocycles. The first-order valence-corrected chi connectivity index (χ1v) is 4.38. The lowest BCUT2D eigenvalue weighted by atomic mass is 10.0. The maximum absolute atomic E-state index is 5.93. The molecule has 0 saturated carbocycles. The van der Waals surface area contributed by atoms with Gasteiger partial charge in [0.05, 0.1) is 13.7 Å². The van der Waals surface area contributed by atoms with Crippen LogP contribution in [0.4, 0.5) is 0 Å². The van der Waals surface area contributed by atoms with E-state index < -0.39 is 0 Å².